The van der Waals surface area contributed by atoms with Gasteiger partial charge in [-0.05, 0) is 42.5 Å². The van der Waals surface area contributed by atoms with Crippen molar-refractivity contribution in [1.82, 2.24) is 10.2 Å². The number of nitrogens with zero attached hydrogens (tertiary/aromatic N) is 2. The third-order valence-corrected chi connectivity index (χ3v) is 5.83. The fraction of sp³-hybridized carbons (Fsp3) is 0.500. The molecule has 28 heavy (non-hydrogen) atoms. The summed E-state index contributed by atoms with van der Waals surface area (Å²) in [6, 6.07) is 15.1. The van der Waals surface area contributed by atoms with Crippen LogP contribution >= 0.6 is 11.3 Å². The molecule has 1 aliphatic heterocycles. The summed E-state index contributed by atoms with van der Waals surface area (Å²) in [6.45, 7) is 7.18. The van der Waals surface area contributed by atoms with Crippen molar-refractivity contribution < 1.29 is 9.47 Å². The molecule has 5 nitrogen and oxygen atoms in total. The fourth-order valence-corrected chi connectivity index (χ4v) is 4.32. The van der Waals surface area contributed by atoms with E-state index in [2.05, 4.69) is 52.9 Å². The number of hydrogen-bond acceptors (Lipinski definition) is 6. The van der Waals surface area contributed by atoms with E-state index in [1.807, 2.05) is 23.5 Å². The molecule has 1 aromatic carbocycles. The van der Waals surface area contributed by atoms with Gasteiger partial charge in [-0.1, -0.05) is 18.2 Å². The SMILES string of the molecule is CC1CN(C(CNCc2cccc(OCCCC#N)c2)c2cccs2)CCO1. The van der Waals surface area contributed by atoms with Gasteiger partial charge in [0.25, 0.3) is 0 Å². The Kier molecular flexibility index (Phi) is 8.31. The lowest BCUT2D eigenvalue weighted by atomic mass is 10.1. The van der Waals surface area contributed by atoms with E-state index in [0.717, 1.165) is 45.0 Å². The highest BCUT2D eigenvalue weighted by atomic mass is 32.1. The van der Waals surface area contributed by atoms with Crippen LogP contribution in [-0.4, -0.2) is 43.9 Å². The molecule has 1 fully saturated rings. The summed E-state index contributed by atoms with van der Waals surface area (Å²) in [5.41, 5.74) is 1.21. The van der Waals surface area contributed by atoms with Crippen LogP contribution in [0, 0.1) is 11.3 Å². The van der Waals surface area contributed by atoms with Crippen LogP contribution < -0.4 is 10.1 Å². The largest absolute Gasteiger partial charge is 0.494 e. The quantitative estimate of drug-likeness (QED) is 0.613. The van der Waals surface area contributed by atoms with Crippen molar-refractivity contribution in [3.05, 3.63) is 52.2 Å². The zero-order valence-electron chi connectivity index (χ0n) is 16.5. The highest BCUT2D eigenvalue weighted by Crippen LogP contribution is 2.26. The van der Waals surface area contributed by atoms with Crippen molar-refractivity contribution in [2.75, 3.05) is 32.8 Å². The number of nitriles is 1. The maximum absolute atomic E-state index is 8.60. The van der Waals surface area contributed by atoms with E-state index in [4.69, 9.17) is 14.7 Å². The predicted octanol–water partition coefficient (Wildman–Crippen LogP) is 3.98. The van der Waals surface area contributed by atoms with Crippen LogP contribution in [0.3, 0.4) is 0 Å². The molecular weight excluding hydrogens is 370 g/mol. The molecule has 0 amide bonds. The molecule has 1 saturated heterocycles. The van der Waals surface area contributed by atoms with E-state index >= 15 is 0 Å². The molecule has 150 valence electrons. The smallest absolute Gasteiger partial charge is 0.119 e. The second-order valence-electron chi connectivity index (χ2n) is 7.10. The molecule has 3 rings (SSSR count). The van der Waals surface area contributed by atoms with Crippen molar-refractivity contribution in [1.29, 1.82) is 5.26 Å². The first kappa shape index (κ1) is 20.8. The molecule has 0 radical (unpaired) electrons. The van der Waals surface area contributed by atoms with Gasteiger partial charge in [0.1, 0.15) is 5.75 Å². The van der Waals surface area contributed by atoms with Gasteiger partial charge in [0.05, 0.1) is 31.4 Å². The van der Waals surface area contributed by atoms with Crippen molar-refractivity contribution >= 4 is 11.3 Å². The molecule has 1 aliphatic rings. The molecule has 1 N–H and O–H groups in total. The van der Waals surface area contributed by atoms with Crippen molar-refractivity contribution in [2.45, 2.75) is 38.5 Å². The van der Waals surface area contributed by atoms with Crippen LogP contribution in [0.5, 0.6) is 5.75 Å². The van der Waals surface area contributed by atoms with E-state index < -0.39 is 0 Å². The van der Waals surface area contributed by atoms with E-state index in [1.165, 1.54) is 10.4 Å². The maximum atomic E-state index is 8.60. The van der Waals surface area contributed by atoms with E-state index in [-0.39, 0.29) is 6.10 Å². The number of rotatable bonds is 10. The number of benzene rings is 1. The van der Waals surface area contributed by atoms with Gasteiger partial charge in [0.2, 0.25) is 0 Å². The minimum absolute atomic E-state index is 0.283. The third-order valence-electron chi connectivity index (χ3n) is 4.85. The normalized spacial score (nSPS) is 18.5. The monoisotopic (exact) mass is 399 g/mol. The lowest BCUT2D eigenvalue weighted by Gasteiger charge is -2.37. The van der Waals surface area contributed by atoms with Crippen LogP contribution in [0.1, 0.15) is 36.2 Å². The lowest BCUT2D eigenvalue weighted by molar-refractivity contribution is -0.0339. The highest BCUT2D eigenvalue weighted by Gasteiger charge is 2.25. The molecule has 0 spiro atoms. The second kappa shape index (κ2) is 11.2. The topological polar surface area (TPSA) is 57.5 Å². The molecular formula is C22H29N3O2S. The first-order valence-electron chi connectivity index (χ1n) is 9.94. The van der Waals surface area contributed by atoms with Gasteiger partial charge in [-0.25, -0.2) is 0 Å². The summed E-state index contributed by atoms with van der Waals surface area (Å²) >= 11 is 1.82. The van der Waals surface area contributed by atoms with E-state index in [9.17, 15) is 0 Å². The van der Waals surface area contributed by atoms with Gasteiger partial charge in [-0.3, -0.25) is 4.90 Å². The summed E-state index contributed by atoms with van der Waals surface area (Å²) in [4.78, 5) is 3.93. The summed E-state index contributed by atoms with van der Waals surface area (Å²) in [7, 11) is 0. The molecule has 2 unspecified atom stereocenters. The maximum Gasteiger partial charge on any atom is 0.119 e. The first-order valence-corrected chi connectivity index (χ1v) is 10.8. The van der Waals surface area contributed by atoms with Gasteiger partial charge in [-0.2, -0.15) is 5.26 Å². The molecule has 0 aliphatic carbocycles. The van der Waals surface area contributed by atoms with Gasteiger partial charge in [0.15, 0.2) is 0 Å². The molecule has 2 atom stereocenters. The Morgan fingerprint density at radius 2 is 2.32 bits per heavy atom. The van der Waals surface area contributed by atoms with Gasteiger partial charge < -0.3 is 14.8 Å². The standard InChI is InChI=1S/C22H29N3O2S/c1-18-17-25(10-12-26-18)21(22-8-5-13-28-22)16-24-15-19-6-4-7-20(14-19)27-11-3-2-9-23/h4-8,13-14,18,21,24H,2-3,10-12,15-17H2,1H3. The Morgan fingerprint density at radius 1 is 1.39 bits per heavy atom. The summed E-state index contributed by atoms with van der Waals surface area (Å²) in [6.07, 6.45) is 1.58. The molecule has 2 heterocycles. The Bertz CT molecular complexity index is 744. The zero-order chi connectivity index (χ0) is 19.6. The molecule has 2 aromatic rings. The number of unbranched alkanes of at least 4 members (excludes halogenated alkanes) is 1. The highest BCUT2D eigenvalue weighted by molar-refractivity contribution is 7.10. The van der Waals surface area contributed by atoms with Crippen LogP contribution in [-0.2, 0) is 11.3 Å². The minimum Gasteiger partial charge on any atom is -0.494 e. The zero-order valence-corrected chi connectivity index (χ0v) is 17.3. The first-order chi connectivity index (χ1) is 13.8. The Balaban J connectivity index is 1.53. The third kappa shape index (κ3) is 6.32. The van der Waals surface area contributed by atoms with Crippen LogP contribution in [0.2, 0.25) is 0 Å². The van der Waals surface area contributed by atoms with Crippen LogP contribution in [0.25, 0.3) is 0 Å². The van der Waals surface area contributed by atoms with E-state index in [1.54, 1.807) is 0 Å². The number of morpholine rings is 1. The molecule has 0 saturated carbocycles. The summed E-state index contributed by atoms with van der Waals surface area (Å²) in [5.74, 6) is 0.869. The minimum atomic E-state index is 0.283. The number of hydrogen-bond donors (Lipinski definition) is 1. The van der Waals surface area contributed by atoms with Crippen molar-refractivity contribution in [3.8, 4) is 11.8 Å². The van der Waals surface area contributed by atoms with Gasteiger partial charge >= 0.3 is 0 Å². The summed E-state index contributed by atoms with van der Waals surface area (Å²) in [5, 5.41) is 14.4. The average Bonchev–Trinajstić information content (AvgIpc) is 3.23. The molecule has 0 bridgehead atoms. The van der Waals surface area contributed by atoms with Gasteiger partial charge in [-0.15, -0.1) is 11.3 Å². The lowest BCUT2D eigenvalue weighted by Crippen LogP contribution is -2.45. The number of ether oxygens (including phenoxy) is 2. The predicted molar refractivity (Wildman–Crippen MR) is 113 cm³/mol. The van der Waals surface area contributed by atoms with Crippen molar-refractivity contribution in [3.63, 3.8) is 0 Å². The van der Waals surface area contributed by atoms with Crippen molar-refractivity contribution in [2.24, 2.45) is 0 Å². The number of nitrogens with one attached hydrogen (secondary N) is 1. The Labute approximate surface area is 171 Å². The Hall–Kier alpha value is -1.91. The van der Waals surface area contributed by atoms with Crippen LogP contribution in [0.4, 0.5) is 0 Å². The fourth-order valence-electron chi connectivity index (χ4n) is 3.46. The van der Waals surface area contributed by atoms with Crippen LogP contribution in [0.15, 0.2) is 41.8 Å². The summed E-state index contributed by atoms with van der Waals surface area (Å²) < 4.78 is 11.5. The second-order valence-corrected chi connectivity index (χ2v) is 8.08. The molecule has 6 heteroatoms. The van der Waals surface area contributed by atoms with Gasteiger partial charge in [0, 0.05) is 37.5 Å². The number of thiophene rings is 1. The Morgan fingerprint density at radius 3 is 3.11 bits per heavy atom. The molecule has 1 aromatic heterocycles. The average molecular weight is 400 g/mol. The van der Waals surface area contributed by atoms with E-state index in [0.29, 0.717) is 19.1 Å².